The van der Waals surface area contributed by atoms with Gasteiger partial charge in [0, 0.05) is 10.4 Å². The number of nitrogens with one attached hydrogen (secondary N) is 1. The van der Waals surface area contributed by atoms with Crippen LogP contribution in [-0.4, -0.2) is 17.5 Å². The van der Waals surface area contributed by atoms with E-state index in [1.165, 1.54) is 24.1 Å². The first-order chi connectivity index (χ1) is 11.3. The summed E-state index contributed by atoms with van der Waals surface area (Å²) in [6.45, 7) is 4.06. The molecule has 0 saturated heterocycles. The van der Waals surface area contributed by atoms with Gasteiger partial charge in [-0.2, -0.15) is 0 Å². The molecular weight excluding hydrogens is 308 g/mol. The smallest absolute Gasteiger partial charge is 0.257 e. The van der Waals surface area contributed by atoms with E-state index in [1.807, 2.05) is 0 Å². The lowest BCUT2D eigenvalue weighted by Crippen LogP contribution is -2.11. The summed E-state index contributed by atoms with van der Waals surface area (Å²) in [7, 11) is 0. The average molecular weight is 328 g/mol. The summed E-state index contributed by atoms with van der Waals surface area (Å²) in [5.41, 5.74) is 1.76. The second-order valence-corrected chi connectivity index (χ2v) is 6.61. The molecule has 0 bridgehead atoms. The predicted molar refractivity (Wildman–Crippen MR) is 93.5 cm³/mol. The van der Waals surface area contributed by atoms with E-state index in [4.69, 9.17) is 4.74 Å². The molecule has 0 atom stereocenters. The van der Waals surface area contributed by atoms with Crippen LogP contribution in [0.4, 0.5) is 5.13 Å². The number of rotatable bonds is 5. The quantitative estimate of drug-likeness (QED) is 0.660. The van der Waals surface area contributed by atoms with Crippen LogP contribution in [0.25, 0.3) is 0 Å². The number of amides is 1. The minimum absolute atomic E-state index is 0.135. The van der Waals surface area contributed by atoms with E-state index >= 15 is 0 Å². The van der Waals surface area contributed by atoms with Crippen LogP contribution in [0.15, 0.2) is 36.9 Å². The highest BCUT2D eigenvalue weighted by Crippen LogP contribution is 2.29. The number of carbonyl (C=O) groups is 1. The van der Waals surface area contributed by atoms with Gasteiger partial charge in [0.15, 0.2) is 5.13 Å². The lowest BCUT2D eigenvalue weighted by Gasteiger charge is -2.05. The van der Waals surface area contributed by atoms with E-state index in [-0.39, 0.29) is 5.91 Å². The van der Waals surface area contributed by atoms with Gasteiger partial charge in [0.2, 0.25) is 0 Å². The second-order valence-electron chi connectivity index (χ2n) is 5.53. The van der Waals surface area contributed by atoms with E-state index in [0.717, 1.165) is 24.3 Å². The Hall–Kier alpha value is -2.14. The molecule has 0 unspecified atom stereocenters. The number of hydrogen-bond acceptors (Lipinski definition) is 4. The Morgan fingerprint density at radius 3 is 2.83 bits per heavy atom. The Bertz CT molecular complexity index is 668. The lowest BCUT2D eigenvalue weighted by molar-refractivity contribution is 0.102. The number of hydrogen-bond donors (Lipinski definition) is 1. The van der Waals surface area contributed by atoms with Crippen LogP contribution in [0, 0.1) is 0 Å². The zero-order valence-corrected chi connectivity index (χ0v) is 13.8. The molecule has 2 aromatic rings. The fourth-order valence-electron chi connectivity index (χ4n) is 2.61. The Morgan fingerprint density at radius 1 is 1.26 bits per heavy atom. The maximum Gasteiger partial charge on any atom is 0.257 e. The lowest BCUT2D eigenvalue weighted by atomic mass is 10.2. The second kappa shape index (κ2) is 7.42. The fraction of sp³-hybridized carbons (Fsp3) is 0.333. The van der Waals surface area contributed by atoms with E-state index in [9.17, 15) is 4.79 Å². The van der Waals surface area contributed by atoms with E-state index < -0.39 is 0 Å². The van der Waals surface area contributed by atoms with Gasteiger partial charge in [-0.15, -0.1) is 11.3 Å². The largest absolute Gasteiger partial charge is 0.490 e. The molecule has 120 valence electrons. The van der Waals surface area contributed by atoms with Gasteiger partial charge in [0.05, 0.1) is 5.69 Å². The van der Waals surface area contributed by atoms with Crippen molar-refractivity contribution in [2.75, 3.05) is 11.9 Å². The number of anilines is 1. The topological polar surface area (TPSA) is 51.2 Å². The number of benzene rings is 1. The molecule has 0 aliphatic heterocycles. The van der Waals surface area contributed by atoms with Crippen molar-refractivity contribution in [1.82, 2.24) is 4.98 Å². The van der Waals surface area contributed by atoms with Crippen molar-refractivity contribution >= 4 is 22.4 Å². The van der Waals surface area contributed by atoms with Crippen LogP contribution >= 0.6 is 11.3 Å². The molecular formula is C18H20N2O2S. The number of thiazole rings is 1. The van der Waals surface area contributed by atoms with Crippen molar-refractivity contribution < 1.29 is 9.53 Å². The van der Waals surface area contributed by atoms with Crippen LogP contribution in [0.1, 0.15) is 40.2 Å². The van der Waals surface area contributed by atoms with Gasteiger partial charge in [0.25, 0.3) is 5.91 Å². The highest BCUT2D eigenvalue weighted by atomic mass is 32.1. The molecule has 4 nitrogen and oxygen atoms in total. The molecule has 0 radical (unpaired) electrons. The fourth-order valence-corrected chi connectivity index (χ4v) is 3.65. The molecule has 1 N–H and O–H groups in total. The Balaban J connectivity index is 1.65. The predicted octanol–water partition coefficient (Wildman–Crippen LogP) is 4.23. The average Bonchev–Trinajstić information content (AvgIpc) is 2.81. The molecule has 1 aromatic carbocycles. The van der Waals surface area contributed by atoms with E-state index in [1.54, 1.807) is 41.7 Å². The molecule has 23 heavy (non-hydrogen) atoms. The first-order valence-corrected chi connectivity index (χ1v) is 8.71. The highest BCUT2D eigenvalue weighted by Gasteiger charge is 2.16. The Morgan fingerprint density at radius 2 is 2.04 bits per heavy atom. The molecule has 0 spiro atoms. The number of nitrogens with zero attached hydrogens (tertiary/aromatic N) is 1. The van der Waals surface area contributed by atoms with Gasteiger partial charge in [-0.05, 0) is 49.9 Å². The molecule has 1 aliphatic carbocycles. The van der Waals surface area contributed by atoms with Crippen LogP contribution in [0.2, 0.25) is 0 Å². The monoisotopic (exact) mass is 328 g/mol. The number of aromatic nitrogens is 1. The van der Waals surface area contributed by atoms with Gasteiger partial charge in [-0.3, -0.25) is 10.1 Å². The van der Waals surface area contributed by atoms with Crippen LogP contribution < -0.4 is 10.1 Å². The van der Waals surface area contributed by atoms with E-state index in [2.05, 4.69) is 16.9 Å². The molecule has 1 aromatic heterocycles. The summed E-state index contributed by atoms with van der Waals surface area (Å²) in [6, 6.07) is 7.09. The van der Waals surface area contributed by atoms with Crippen LogP contribution in [0.5, 0.6) is 5.75 Å². The van der Waals surface area contributed by atoms with Crippen molar-refractivity contribution in [2.24, 2.45) is 0 Å². The van der Waals surface area contributed by atoms with Gasteiger partial charge in [0.1, 0.15) is 12.4 Å². The summed E-state index contributed by atoms with van der Waals surface area (Å²) in [6.07, 6.45) is 7.47. The van der Waals surface area contributed by atoms with Crippen LogP contribution in [-0.2, 0) is 12.8 Å². The maximum absolute atomic E-state index is 12.3. The van der Waals surface area contributed by atoms with Gasteiger partial charge >= 0.3 is 0 Å². The third-order valence-corrected chi connectivity index (χ3v) is 4.87. The number of fused-ring (bicyclic) bond motifs is 1. The third kappa shape index (κ3) is 3.99. The number of carbonyl (C=O) groups excluding carboxylic acids is 1. The van der Waals surface area contributed by atoms with Crippen molar-refractivity contribution in [3.63, 3.8) is 0 Å². The molecule has 1 amide bonds. The molecule has 1 heterocycles. The van der Waals surface area contributed by atoms with Crippen molar-refractivity contribution in [1.29, 1.82) is 0 Å². The van der Waals surface area contributed by atoms with E-state index in [0.29, 0.717) is 17.3 Å². The van der Waals surface area contributed by atoms with Gasteiger partial charge in [-0.1, -0.05) is 19.1 Å². The molecule has 0 saturated carbocycles. The first kappa shape index (κ1) is 15.7. The number of aryl methyl sites for hydroxylation is 2. The zero-order chi connectivity index (χ0) is 16.1. The molecule has 3 rings (SSSR count). The summed E-state index contributed by atoms with van der Waals surface area (Å²) in [4.78, 5) is 18.2. The maximum atomic E-state index is 12.3. The highest BCUT2D eigenvalue weighted by molar-refractivity contribution is 7.15. The summed E-state index contributed by atoms with van der Waals surface area (Å²) < 4.78 is 5.42. The summed E-state index contributed by atoms with van der Waals surface area (Å²) in [5, 5.41) is 3.61. The Labute approximate surface area is 140 Å². The third-order valence-electron chi connectivity index (χ3n) is 3.80. The molecule has 5 heteroatoms. The first-order valence-electron chi connectivity index (χ1n) is 7.90. The van der Waals surface area contributed by atoms with Crippen LogP contribution in [0.3, 0.4) is 0 Å². The number of ether oxygens (including phenoxy) is 1. The van der Waals surface area contributed by atoms with Crippen molar-refractivity contribution in [3.05, 3.63) is 53.1 Å². The van der Waals surface area contributed by atoms with Crippen molar-refractivity contribution in [3.8, 4) is 5.75 Å². The SMILES string of the molecule is C=CCOc1ccc(C(=O)Nc2nc3c(s2)CCCCC3)cc1. The van der Waals surface area contributed by atoms with Crippen molar-refractivity contribution in [2.45, 2.75) is 32.1 Å². The summed E-state index contributed by atoms with van der Waals surface area (Å²) >= 11 is 1.61. The minimum atomic E-state index is -0.135. The van der Waals surface area contributed by atoms with Gasteiger partial charge in [-0.25, -0.2) is 4.98 Å². The molecule has 1 aliphatic rings. The minimum Gasteiger partial charge on any atom is -0.490 e. The van der Waals surface area contributed by atoms with Gasteiger partial charge < -0.3 is 4.74 Å². The summed E-state index contributed by atoms with van der Waals surface area (Å²) in [5.74, 6) is 0.589. The molecule has 0 fully saturated rings. The Kier molecular flexibility index (Phi) is 5.08. The standard InChI is InChI=1S/C18H20N2O2S/c1-2-12-22-14-10-8-13(9-11-14)17(21)20-18-19-15-6-4-3-5-7-16(15)23-18/h2,8-11H,1,3-7,12H2,(H,19,20,21). The zero-order valence-electron chi connectivity index (χ0n) is 13.0. The normalized spacial score (nSPS) is 13.7.